The first-order chi connectivity index (χ1) is 8.90. The highest BCUT2D eigenvalue weighted by Crippen LogP contribution is 2.26. The van der Waals surface area contributed by atoms with Gasteiger partial charge in [0.25, 0.3) is 0 Å². The van der Waals surface area contributed by atoms with Crippen molar-refractivity contribution >= 4 is 11.9 Å². The maximum absolute atomic E-state index is 12.9. The van der Waals surface area contributed by atoms with Crippen molar-refractivity contribution in [2.75, 3.05) is 0 Å². The van der Waals surface area contributed by atoms with E-state index < -0.39 is 29.8 Å². The van der Waals surface area contributed by atoms with E-state index in [2.05, 4.69) is 0 Å². The van der Waals surface area contributed by atoms with E-state index in [4.69, 9.17) is 4.74 Å². The molecule has 0 N–H and O–H groups in total. The molecule has 1 atom stereocenters. The number of amides is 1. The number of halogens is 3. The number of nitrogens with zero attached hydrogens (tertiary/aromatic N) is 1. The molecule has 0 aromatic heterocycles. The van der Waals surface area contributed by atoms with Gasteiger partial charge in [-0.1, -0.05) is 13.3 Å². The van der Waals surface area contributed by atoms with Crippen LogP contribution in [0, 0.1) is 0 Å². The van der Waals surface area contributed by atoms with Crippen LogP contribution in [0.1, 0.15) is 53.9 Å². The minimum Gasteiger partial charge on any atom is -0.458 e. The SMILES string of the molecule is CCCCC(=O)N([C@@H](C)C(=O)OC(C)(C)C)C(F)(F)F. The summed E-state index contributed by atoms with van der Waals surface area (Å²) in [4.78, 5) is 23.0. The van der Waals surface area contributed by atoms with Crippen LogP contribution in [0.4, 0.5) is 13.2 Å². The highest BCUT2D eigenvalue weighted by molar-refractivity contribution is 5.84. The van der Waals surface area contributed by atoms with Gasteiger partial charge < -0.3 is 4.74 Å². The quantitative estimate of drug-likeness (QED) is 0.578. The summed E-state index contributed by atoms with van der Waals surface area (Å²) in [7, 11) is 0. The van der Waals surface area contributed by atoms with Crippen LogP contribution in [0.2, 0.25) is 0 Å². The van der Waals surface area contributed by atoms with Gasteiger partial charge in [0.05, 0.1) is 0 Å². The Labute approximate surface area is 117 Å². The average Bonchev–Trinajstić information content (AvgIpc) is 2.21. The molecule has 0 aromatic rings. The van der Waals surface area contributed by atoms with E-state index in [1.807, 2.05) is 0 Å². The second-order valence-corrected chi connectivity index (χ2v) is 5.54. The van der Waals surface area contributed by atoms with Gasteiger partial charge in [-0.15, -0.1) is 13.2 Å². The van der Waals surface area contributed by atoms with Crippen molar-refractivity contribution < 1.29 is 27.5 Å². The number of hydrogen-bond acceptors (Lipinski definition) is 3. The lowest BCUT2D eigenvalue weighted by molar-refractivity contribution is -0.253. The summed E-state index contributed by atoms with van der Waals surface area (Å²) in [6, 6.07) is -1.70. The first kappa shape index (κ1) is 18.7. The standard InChI is InChI=1S/C13H22F3NO3/c1-6-7-8-10(18)17(13(14,15)16)9(2)11(19)20-12(3,4)5/h9H,6-8H2,1-5H3/t9-/m0/s1. The maximum Gasteiger partial charge on any atom is 0.487 e. The lowest BCUT2D eigenvalue weighted by Crippen LogP contribution is -2.52. The molecule has 20 heavy (non-hydrogen) atoms. The fraction of sp³-hybridized carbons (Fsp3) is 0.846. The monoisotopic (exact) mass is 297 g/mol. The Morgan fingerprint density at radius 3 is 2.05 bits per heavy atom. The molecule has 0 bridgehead atoms. The number of hydrogen-bond donors (Lipinski definition) is 0. The number of esters is 1. The van der Waals surface area contributed by atoms with Gasteiger partial charge in [0, 0.05) is 6.42 Å². The van der Waals surface area contributed by atoms with Gasteiger partial charge >= 0.3 is 12.3 Å². The lowest BCUT2D eigenvalue weighted by Gasteiger charge is -2.31. The number of alkyl halides is 3. The smallest absolute Gasteiger partial charge is 0.458 e. The normalized spacial score (nSPS) is 13.8. The molecule has 0 aliphatic rings. The van der Waals surface area contributed by atoms with Gasteiger partial charge in [0.15, 0.2) is 0 Å². The molecule has 0 fully saturated rings. The molecule has 0 aliphatic heterocycles. The number of carbonyl (C=O) groups excluding carboxylic acids is 2. The Morgan fingerprint density at radius 1 is 1.20 bits per heavy atom. The van der Waals surface area contributed by atoms with Crippen molar-refractivity contribution in [3.8, 4) is 0 Å². The van der Waals surface area contributed by atoms with Crippen molar-refractivity contribution in [1.29, 1.82) is 0 Å². The minimum absolute atomic E-state index is 0.247. The molecular weight excluding hydrogens is 275 g/mol. The molecular formula is C13H22F3NO3. The van der Waals surface area contributed by atoms with Crippen LogP contribution in [0.15, 0.2) is 0 Å². The van der Waals surface area contributed by atoms with E-state index in [0.29, 0.717) is 12.8 Å². The number of rotatable bonds is 5. The summed E-state index contributed by atoms with van der Waals surface area (Å²) in [5, 5.41) is 0. The van der Waals surface area contributed by atoms with E-state index in [9.17, 15) is 22.8 Å². The Hall–Kier alpha value is -1.27. The van der Waals surface area contributed by atoms with E-state index in [1.165, 1.54) is 0 Å². The molecule has 0 unspecified atom stereocenters. The van der Waals surface area contributed by atoms with Crippen LogP contribution in [-0.2, 0) is 14.3 Å². The van der Waals surface area contributed by atoms with Crippen LogP contribution in [0.3, 0.4) is 0 Å². The largest absolute Gasteiger partial charge is 0.487 e. The third kappa shape index (κ3) is 6.25. The molecule has 0 spiro atoms. The summed E-state index contributed by atoms with van der Waals surface area (Å²) in [6.07, 6.45) is -4.21. The molecule has 0 radical (unpaired) electrons. The maximum atomic E-state index is 12.9. The van der Waals surface area contributed by atoms with E-state index >= 15 is 0 Å². The van der Waals surface area contributed by atoms with Crippen LogP contribution in [0.5, 0.6) is 0 Å². The van der Waals surface area contributed by atoms with E-state index in [1.54, 1.807) is 27.7 Å². The number of unbranched alkanes of at least 4 members (excludes halogenated alkanes) is 1. The molecule has 0 aromatic carbocycles. The van der Waals surface area contributed by atoms with Gasteiger partial charge in [-0.3, -0.25) is 4.79 Å². The minimum atomic E-state index is -4.90. The summed E-state index contributed by atoms with van der Waals surface area (Å²) >= 11 is 0. The average molecular weight is 297 g/mol. The zero-order valence-corrected chi connectivity index (χ0v) is 12.5. The topological polar surface area (TPSA) is 46.6 Å². The van der Waals surface area contributed by atoms with Crippen LogP contribution in [0.25, 0.3) is 0 Å². The van der Waals surface area contributed by atoms with Crippen molar-refractivity contribution in [3.05, 3.63) is 0 Å². The van der Waals surface area contributed by atoms with Gasteiger partial charge in [-0.05, 0) is 34.1 Å². The van der Waals surface area contributed by atoms with Crippen LogP contribution in [-0.4, -0.2) is 34.7 Å². The number of ether oxygens (including phenoxy) is 1. The van der Waals surface area contributed by atoms with Gasteiger partial charge in [-0.25, -0.2) is 9.69 Å². The van der Waals surface area contributed by atoms with E-state index in [-0.39, 0.29) is 11.3 Å². The summed E-state index contributed by atoms with van der Waals surface area (Å²) in [5.41, 5.74) is -0.908. The lowest BCUT2D eigenvalue weighted by atomic mass is 10.1. The molecule has 0 heterocycles. The second kappa shape index (κ2) is 6.95. The third-order valence-corrected chi connectivity index (χ3v) is 2.42. The van der Waals surface area contributed by atoms with Crippen molar-refractivity contribution in [3.63, 3.8) is 0 Å². The van der Waals surface area contributed by atoms with Gasteiger partial charge in [0.2, 0.25) is 5.91 Å². The Balaban J connectivity index is 5.05. The highest BCUT2D eigenvalue weighted by atomic mass is 19.4. The zero-order valence-electron chi connectivity index (χ0n) is 12.5. The second-order valence-electron chi connectivity index (χ2n) is 5.54. The highest BCUT2D eigenvalue weighted by Gasteiger charge is 2.46. The van der Waals surface area contributed by atoms with Crippen LogP contribution >= 0.6 is 0 Å². The summed E-state index contributed by atoms with van der Waals surface area (Å²) in [5.74, 6) is -2.18. The predicted octanol–water partition coefficient (Wildman–Crippen LogP) is 3.26. The first-order valence-corrected chi connectivity index (χ1v) is 6.52. The zero-order chi connectivity index (χ0) is 16.1. The molecule has 7 heteroatoms. The van der Waals surface area contributed by atoms with E-state index in [0.717, 1.165) is 6.92 Å². The first-order valence-electron chi connectivity index (χ1n) is 6.52. The molecule has 1 amide bonds. The molecule has 4 nitrogen and oxygen atoms in total. The number of carbonyl (C=O) groups is 2. The predicted molar refractivity (Wildman–Crippen MR) is 67.7 cm³/mol. The van der Waals surface area contributed by atoms with Crippen LogP contribution < -0.4 is 0 Å². The third-order valence-electron chi connectivity index (χ3n) is 2.42. The molecule has 118 valence electrons. The van der Waals surface area contributed by atoms with Gasteiger partial charge in [-0.2, -0.15) is 0 Å². The Morgan fingerprint density at radius 2 is 1.70 bits per heavy atom. The molecule has 0 aliphatic carbocycles. The Kier molecular flexibility index (Phi) is 6.50. The molecule has 0 rings (SSSR count). The summed E-state index contributed by atoms with van der Waals surface area (Å²) in [6.45, 7) is 7.44. The van der Waals surface area contributed by atoms with Gasteiger partial charge in [0.1, 0.15) is 11.6 Å². The fourth-order valence-electron chi connectivity index (χ4n) is 1.52. The fourth-order valence-corrected chi connectivity index (χ4v) is 1.52. The van der Waals surface area contributed by atoms with Crippen molar-refractivity contribution in [2.24, 2.45) is 0 Å². The summed E-state index contributed by atoms with van der Waals surface area (Å²) < 4.78 is 43.7. The molecule has 0 saturated carbocycles. The van der Waals surface area contributed by atoms with Crippen molar-refractivity contribution in [2.45, 2.75) is 71.8 Å². The van der Waals surface area contributed by atoms with Crippen molar-refractivity contribution in [1.82, 2.24) is 4.90 Å². The Bertz CT molecular complexity index is 348. The molecule has 0 saturated heterocycles.